The minimum absolute atomic E-state index is 0.134. The second kappa shape index (κ2) is 8.13. The number of carbonyl (C=O) groups is 1. The van der Waals surface area contributed by atoms with E-state index in [2.05, 4.69) is 21.4 Å². The average Bonchev–Trinajstić information content (AvgIpc) is 2.63. The topological polar surface area (TPSA) is 87.9 Å². The lowest BCUT2D eigenvalue weighted by atomic mass is 9.94. The molecule has 0 spiro atoms. The largest absolute Gasteiger partial charge is 0.474 e. The van der Waals surface area contributed by atoms with E-state index in [0.717, 1.165) is 25.7 Å². The monoisotopic (exact) mass is 352 g/mol. The normalized spacial score (nSPS) is 16.2. The first kappa shape index (κ1) is 18.1. The zero-order valence-electron chi connectivity index (χ0n) is 15.2. The van der Waals surface area contributed by atoms with Crippen molar-refractivity contribution in [3.8, 4) is 11.9 Å². The van der Waals surface area contributed by atoms with Gasteiger partial charge in [0.15, 0.2) is 5.92 Å². The van der Waals surface area contributed by atoms with Crippen LogP contribution in [-0.2, 0) is 4.79 Å². The van der Waals surface area contributed by atoms with Gasteiger partial charge >= 0.3 is 0 Å². The van der Waals surface area contributed by atoms with Crippen LogP contribution in [0.2, 0.25) is 0 Å². The fourth-order valence-corrected chi connectivity index (χ4v) is 3.27. The molecular weight excluding hydrogens is 328 g/mol. The maximum absolute atomic E-state index is 12.8. The summed E-state index contributed by atoms with van der Waals surface area (Å²) >= 11 is 0. The van der Waals surface area contributed by atoms with Crippen LogP contribution in [0.3, 0.4) is 0 Å². The van der Waals surface area contributed by atoms with E-state index in [1.54, 1.807) is 0 Å². The fraction of sp³-hybridized carbons (Fsp3) is 0.500. The van der Waals surface area contributed by atoms with Crippen LogP contribution in [0, 0.1) is 11.3 Å². The Morgan fingerprint density at radius 3 is 2.46 bits per heavy atom. The summed E-state index contributed by atoms with van der Waals surface area (Å²) in [6.07, 6.45) is 5.21. The Labute approximate surface area is 153 Å². The van der Waals surface area contributed by atoms with E-state index in [0.29, 0.717) is 11.0 Å². The van der Waals surface area contributed by atoms with E-state index in [-0.39, 0.29) is 29.6 Å². The van der Waals surface area contributed by atoms with E-state index in [1.807, 2.05) is 38.1 Å². The van der Waals surface area contributed by atoms with Gasteiger partial charge in [-0.05, 0) is 38.8 Å². The van der Waals surface area contributed by atoms with E-state index in [1.165, 1.54) is 6.42 Å². The zero-order chi connectivity index (χ0) is 18.5. The number of rotatable bonds is 5. The highest BCUT2D eigenvalue weighted by Gasteiger charge is 2.29. The van der Waals surface area contributed by atoms with Crippen LogP contribution in [-0.4, -0.2) is 28.0 Å². The first-order valence-electron chi connectivity index (χ1n) is 9.22. The number of amides is 1. The summed E-state index contributed by atoms with van der Waals surface area (Å²) in [6, 6.07) is 9.60. The third-order valence-corrected chi connectivity index (χ3v) is 4.53. The summed E-state index contributed by atoms with van der Waals surface area (Å²) in [5.74, 6) is -1.11. The Balaban J connectivity index is 1.93. The number of ether oxygens (including phenoxy) is 1. The van der Waals surface area contributed by atoms with Crippen LogP contribution < -0.4 is 10.1 Å². The molecule has 0 aliphatic heterocycles. The van der Waals surface area contributed by atoms with Crippen molar-refractivity contribution in [2.75, 3.05) is 0 Å². The maximum atomic E-state index is 12.8. The fourth-order valence-electron chi connectivity index (χ4n) is 3.27. The third kappa shape index (κ3) is 4.10. The molecule has 1 saturated carbocycles. The number of fused-ring (bicyclic) bond motifs is 1. The zero-order valence-corrected chi connectivity index (χ0v) is 15.2. The van der Waals surface area contributed by atoms with Gasteiger partial charge in [0, 0.05) is 6.04 Å². The number of aromatic nitrogens is 2. The van der Waals surface area contributed by atoms with Crippen molar-refractivity contribution in [3.05, 3.63) is 30.0 Å². The van der Waals surface area contributed by atoms with Crippen molar-refractivity contribution in [3.63, 3.8) is 0 Å². The Bertz CT molecular complexity index is 822. The molecule has 1 aliphatic rings. The lowest BCUT2D eigenvalue weighted by Crippen LogP contribution is -2.39. The van der Waals surface area contributed by atoms with Crippen molar-refractivity contribution in [2.45, 2.75) is 64.0 Å². The van der Waals surface area contributed by atoms with Crippen LogP contribution in [0.1, 0.15) is 57.6 Å². The number of nitrogens with one attached hydrogen (secondary N) is 1. The van der Waals surface area contributed by atoms with Gasteiger partial charge in [-0.1, -0.05) is 31.4 Å². The highest BCUT2D eigenvalue weighted by molar-refractivity contribution is 5.87. The van der Waals surface area contributed by atoms with Crippen molar-refractivity contribution >= 4 is 16.9 Å². The standard InChI is InChI=1S/C20H24N4O2/c1-13(2)26-20-18(23-16-10-6-7-11-17(16)24-20)15(12-21)19(25)22-14-8-4-3-5-9-14/h6-7,10-11,13-15H,3-5,8-9H2,1-2H3,(H,22,25)/t15-/m1/s1. The lowest BCUT2D eigenvalue weighted by molar-refractivity contribution is -0.122. The van der Waals surface area contributed by atoms with Gasteiger partial charge in [-0.2, -0.15) is 5.26 Å². The smallest absolute Gasteiger partial charge is 0.243 e. The van der Waals surface area contributed by atoms with Gasteiger partial charge in [-0.15, -0.1) is 0 Å². The van der Waals surface area contributed by atoms with Crippen molar-refractivity contribution < 1.29 is 9.53 Å². The minimum Gasteiger partial charge on any atom is -0.474 e. The number of nitriles is 1. The number of para-hydroxylation sites is 2. The molecule has 1 atom stereocenters. The number of hydrogen-bond donors (Lipinski definition) is 1. The molecule has 1 aromatic heterocycles. The number of hydrogen-bond acceptors (Lipinski definition) is 5. The van der Waals surface area contributed by atoms with Crippen molar-refractivity contribution in [1.29, 1.82) is 5.26 Å². The van der Waals surface area contributed by atoms with Crippen LogP contribution in [0.25, 0.3) is 11.0 Å². The number of carbonyl (C=O) groups excluding carboxylic acids is 1. The molecule has 0 bridgehead atoms. The molecule has 1 fully saturated rings. The van der Waals surface area contributed by atoms with E-state index in [4.69, 9.17) is 4.74 Å². The van der Waals surface area contributed by atoms with Gasteiger partial charge in [0.05, 0.1) is 23.2 Å². The highest BCUT2D eigenvalue weighted by atomic mass is 16.5. The molecule has 6 heteroatoms. The molecule has 26 heavy (non-hydrogen) atoms. The summed E-state index contributed by atoms with van der Waals surface area (Å²) in [5.41, 5.74) is 1.61. The van der Waals surface area contributed by atoms with E-state index in [9.17, 15) is 10.1 Å². The lowest BCUT2D eigenvalue weighted by Gasteiger charge is -2.24. The van der Waals surface area contributed by atoms with Crippen LogP contribution in [0.5, 0.6) is 5.88 Å². The predicted octanol–water partition coefficient (Wildman–Crippen LogP) is 3.47. The third-order valence-electron chi connectivity index (χ3n) is 4.53. The molecule has 0 radical (unpaired) electrons. The summed E-state index contributed by atoms with van der Waals surface area (Å²) in [4.78, 5) is 21.8. The molecular formula is C20H24N4O2. The minimum atomic E-state index is -1.04. The van der Waals surface area contributed by atoms with Crippen LogP contribution in [0.15, 0.2) is 24.3 Å². The first-order valence-corrected chi connectivity index (χ1v) is 9.22. The van der Waals surface area contributed by atoms with E-state index >= 15 is 0 Å². The number of benzene rings is 1. The molecule has 1 aliphatic carbocycles. The molecule has 1 heterocycles. The molecule has 1 aromatic carbocycles. The molecule has 2 aromatic rings. The van der Waals surface area contributed by atoms with Gasteiger partial charge in [0.25, 0.3) is 0 Å². The number of nitrogens with zero attached hydrogens (tertiary/aromatic N) is 3. The van der Waals surface area contributed by atoms with Gasteiger partial charge in [-0.25, -0.2) is 9.97 Å². The van der Waals surface area contributed by atoms with Gasteiger partial charge < -0.3 is 10.1 Å². The summed E-state index contributed by atoms with van der Waals surface area (Å²) in [7, 11) is 0. The Morgan fingerprint density at radius 2 is 1.85 bits per heavy atom. The van der Waals surface area contributed by atoms with Crippen LogP contribution >= 0.6 is 0 Å². The summed E-state index contributed by atoms with van der Waals surface area (Å²) < 4.78 is 5.77. The van der Waals surface area contributed by atoms with E-state index < -0.39 is 5.92 Å². The average molecular weight is 352 g/mol. The SMILES string of the molecule is CC(C)Oc1nc2ccccc2nc1[C@@H](C#N)C(=O)NC1CCCCC1. The molecule has 0 unspecified atom stereocenters. The second-order valence-corrected chi connectivity index (χ2v) is 6.97. The predicted molar refractivity (Wildman–Crippen MR) is 98.7 cm³/mol. The molecule has 136 valence electrons. The Kier molecular flexibility index (Phi) is 5.67. The molecule has 0 saturated heterocycles. The van der Waals surface area contributed by atoms with Gasteiger partial charge in [0.2, 0.25) is 11.8 Å². The second-order valence-electron chi connectivity index (χ2n) is 6.97. The molecule has 6 nitrogen and oxygen atoms in total. The van der Waals surface area contributed by atoms with Crippen molar-refractivity contribution in [2.24, 2.45) is 0 Å². The Morgan fingerprint density at radius 1 is 1.19 bits per heavy atom. The van der Waals surface area contributed by atoms with Crippen molar-refractivity contribution in [1.82, 2.24) is 15.3 Å². The summed E-state index contributed by atoms with van der Waals surface area (Å²) in [5, 5.41) is 12.7. The maximum Gasteiger partial charge on any atom is 0.243 e. The molecule has 1 amide bonds. The highest BCUT2D eigenvalue weighted by Crippen LogP contribution is 2.27. The van der Waals surface area contributed by atoms with Gasteiger partial charge in [0.1, 0.15) is 5.69 Å². The van der Waals surface area contributed by atoms with Gasteiger partial charge in [-0.3, -0.25) is 4.79 Å². The molecule has 3 rings (SSSR count). The van der Waals surface area contributed by atoms with Crippen LogP contribution in [0.4, 0.5) is 0 Å². The molecule has 1 N–H and O–H groups in total. The summed E-state index contributed by atoms with van der Waals surface area (Å²) in [6.45, 7) is 3.76. The first-order chi connectivity index (χ1) is 12.6. The Hall–Kier alpha value is -2.68. The quantitative estimate of drug-likeness (QED) is 0.890.